The first-order valence-corrected chi connectivity index (χ1v) is 14.0. The monoisotopic (exact) mass is 627 g/mol. The lowest BCUT2D eigenvalue weighted by molar-refractivity contribution is -0.172. The van der Waals surface area contributed by atoms with Crippen LogP contribution in [0.25, 0.3) is 0 Å². The highest BCUT2D eigenvalue weighted by Gasteiger charge is 2.57. The summed E-state index contributed by atoms with van der Waals surface area (Å²) >= 11 is 11.4. The summed E-state index contributed by atoms with van der Waals surface area (Å²) in [6, 6.07) is 7.65. The van der Waals surface area contributed by atoms with E-state index in [-0.39, 0.29) is 53.2 Å². The first-order valence-electron chi connectivity index (χ1n) is 13.3. The Kier molecular flexibility index (Phi) is 9.93. The number of hydrogen-bond donors (Lipinski definition) is 2. The molecular weight excluding hydrogens is 599 g/mol. The van der Waals surface area contributed by atoms with Gasteiger partial charge in [0, 0.05) is 18.6 Å². The maximum atomic E-state index is 13.7. The van der Waals surface area contributed by atoms with E-state index in [1.165, 1.54) is 24.3 Å². The van der Waals surface area contributed by atoms with Gasteiger partial charge < -0.3 is 24.6 Å². The zero-order chi connectivity index (χ0) is 30.5. The number of hydrogen-bond acceptors (Lipinski definition) is 7. The highest BCUT2D eigenvalue weighted by Crippen LogP contribution is 2.55. The van der Waals surface area contributed by atoms with E-state index in [9.17, 15) is 28.0 Å². The number of carboxylic acids is 1. The molecule has 2 aromatic rings. The highest BCUT2D eigenvalue weighted by molar-refractivity contribution is 6.31. The van der Waals surface area contributed by atoms with Crippen molar-refractivity contribution in [3.05, 3.63) is 58.1 Å². The van der Waals surface area contributed by atoms with E-state index in [1.54, 1.807) is 0 Å². The minimum absolute atomic E-state index is 0.0677. The largest absolute Gasteiger partial charge is 0.486 e. The molecule has 0 aromatic heterocycles. The minimum Gasteiger partial charge on any atom is -0.486 e. The molecule has 226 valence electrons. The van der Waals surface area contributed by atoms with E-state index < -0.39 is 59.6 Å². The number of esters is 1. The van der Waals surface area contributed by atoms with Gasteiger partial charge >= 0.3 is 11.9 Å². The molecule has 1 atom stereocenters. The van der Waals surface area contributed by atoms with E-state index in [0.717, 1.165) is 12.1 Å². The molecule has 13 heteroatoms. The third kappa shape index (κ3) is 7.89. The lowest BCUT2D eigenvalue weighted by Gasteiger charge is -2.57. The fraction of sp³-hybridized carbons (Fsp3) is 0.448. The zero-order valence-electron chi connectivity index (χ0n) is 22.4. The van der Waals surface area contributed by atoms with Crippen LogP contribution in [-0.2, 0) is 23.9 Å². The molecule has 5 rings (SSSR count). The van der Waals surface area contributed by atoms with Crippen molar-refractivity contribution >= 4 is 46.8 Å². The number of benzene rings is 2. The normalized spacial score (nSPS) is 22.7. The topological polar surface area (TPSA) is 128 Å². The Morgan fingerprint density at radius 1 is 0.881 bits per heavy atom. The Morgan fingerprint density at radius 2 is 1.45 bits per heavy atom. The van der Waals surface area contributed by atoms with Gasteiger partial charge in [0.2, 0.25) is 0 Å². The maximum Gasteiger partial charge on any atom is 0.306 e. The summed E-state index contributed by atoms with van der Waals surface area (Å²) in [7, 11) is 0. The van der Waals surface area contributed by atoms with Crippen molar-refractivity contribution in [1.29, 1.82) is 0 Å². The summed E-state index contributed by atoms with van der Waals surface area (Å²) in [5.41, 5.74) is -1.49. The minimum atomic E-state index is -1.15. The van der Waals surface area contributed by atoms with Gasteiger partial charge in [0.15, 0.2) is 12.4 Å². The van der Waals surface area contributed by atoms with Crippen LogP contribution >= 0.6 is 23.2 Å². The van der Waals surface area contributed by atoms with Gasteiger partial charge in [-0.3, -0.25) is 19.2 Å². The maximum absolute atomic E-state index is 13.7. The standard InChI is InChI=1S/C29H29Cl2F2NO8/c30-20-3-1-18(11-22(20)32)40-15-17(35)13-28-7-9-29(10-8-28,24(14-28)42-27(39)6-5-26(37)38)34-25(36)16-41-19-2-4-21(31)23(33)12-19/h1-4,11-12,24H,5-10,13-16H2,(H,34,36)(H,37,38)/t24-,28?,29?/m0/s1. The van der Waals surface area contributed by atoms with Crippen molar-refractivity contribution < 1.29 is 47.3 Å². The molecule has 42 heavy (non-hydrogen) atoms. The number of aliphatic carboxylic acids is 1. The molecule has 2 bridgehead atoms. The van der Waals surface area contributed by atoms with Gasteiger partial charge in [0.05, 0.1) is 28.4 Å². The molecule has 3 aliphatic carbocycles. The summed E-state index contributed by atoms with van der Waals surface area (Å²) in [5.74, 6) is -3.74. The van der Waals surface area contributed by atoms with Crippen molar-refractivity contribution in [3.63, 3.8) is 0 Å². The molecule has 0 aliphatic heterocycles. The van der Waals surface area contributed by atoms with Crippen LogP contribution in [0.3, 0.4) is 0 Å². The summed E-state index contributed by atoms with van der Waals surface area (Å²) in [6.45, 7) is -0.731. The lowest BCUT2D eigenvalue weighted by atomic mass is 9.54. The molecule has 0 heterocycles. The van der Waals surface area contributed by atoms with Crippen LogP contribution < -0.4 is 14.8 Å². The molecule has 3 aliphatic rings. The van der Waals surface area contributed by atoms with Gasteiger partial charge in [0.1, 0.15) is 35.8 Å². The van der Waals surface area contributed by atoms with Crippen LogP contribution in [0.2, 0.25) is 10.0 Å². The Labute approximate surface area is 250 Å². The van der Waals surface area contributed by atoms with E-state index in [0.29, 0.717) is 25.7 Å². The van der Waals surface area contributed by atoms with Crippen LogP contribution in [-0.4, -0.2) is 53.6 Å². The first-order chi connectivity index (χ1) is 19.9. The average molecular weight is 628 g/mol. The smallest absolute Gasteiger partial charge is 0.306 e. The number of rotatable bonds is 13. The Balaban J connectivity index is 1.41. The molecular formula is C29H29Cl2F2NO8. The number of carbonyl (C=O) groups is 4. The molecule has 1 amide bonds. The molecule has 0 spiro atoms. The number of amides is 1. The number of carbonyl (C=O) groups excluding carboxylic acids is 3. The Morgan fingerprint density at radius 3 is 2.00 bits per heavy atom. The zero-order valence-corrected chi connectivity index (χ0v) is 23.9. The third-order valence-corrected chi connectivity index (χ3v) is 8.38. The molecule has 9 nitrogen and oxygen atoms in total. The number of carboxylic acid groups (broad SMARTS) is 1. The predicted molar refractivity (Wildman–Crippen MR) is 147 cm³/mol. The third-order valence-electron chi connectivity index (χ3n) is 7.77. The van der Waals surface area contributed by atoms with Crippen molar-refractivity contribution in [2.45, 2.75) is 63.0 Å². The number of nitrogens with one attached hydrogen (secondary N) is 1. The second-order valence-electron chi connectivity index (χ2n) is 10.7. The quantitative estimate of drug-likeness (QED) is 0.287. The molecule has 3 fully saturated rings. The summed E-state index contributed by atoms with van der Waals surface area (Å²) in [6.07, 6.45) is 0.655. The van der Waals surface area contributed by atoms with E-state index in [2.05, 4.69) is 5.32 Å². The highest BCUT2D eigenvalue weighted by atomic mass is 35.5. The van der Waals surface area contributed by atoms with Gasteiger partial charge in [-0.25, -0.2) is 8.78 Å². The molecule has 3 saturated carbocycles. The fourth-order valence-electron chi connectivity index (χ4n) is 5.61. The van der Waals surface area contributed by atoms with Gasteiger partial charge in [-0.2, -0.15) is 0 Å². The van der Waals surface area contributed by atoms with Crippen LogP contribution in [0.15, 0.2) is 36.4 Å². The molecule has 2 N–H and O–H groups in total. The van der Waals surface area contributed by atoms with E-state index in [1.807, 2.05) is 0 Å². The van der Waals surface area contributed by atoms with Crippen molar-refractivity contribution in [2.75, 3.05) is 13.2 Å². The number of fused-ring (bicyclic) bond motifs is 3. The van der Waals surface area contributed by atoms with Crippen LogP contribution in [0.5, 0.6) is 11.5 Å². The number of halogens is 4. The Bertz CT molecular complexity index is 1360. The Hall–Kier alpha value is -3.44. The van der Waals surface area contributed by atoms with Crippen LogP contribution in [0, 0.1) is 17.0 Å². The van der Waals surface area contributed by atoms with E-state index >= 15 is 0 Å². The van der Waals surface area contributed by atoms with Gasteiger partial charge in [-0.1, -0.05) is 23.2 Å². The van der Waals surface area contributed by atoms with Crippen molar-refractivity contribution in [1.82, 2.24) is 5.32 Å². The van der Waals surface area contributed by atoms with E-state index in [4.69, 9.17) is 42.5 Å². The van der Waals surface area contributed by atoms with Gasteiger partial charge in [0.25, 0.3) is 5.91 Å². The average Bonchev–Trinajstić information content (AvgIpc) is 2.94. The van der Waals surface area contributed by atoms with Crippen molar-refractivity contribution in [2.24, 2.45) is 5.41 Å². The second kappa shape index (κ2) is 13.2. The second-order valence-corrected chi connectivity index (χ2v) is 11.5. The first kappa shape index (κ1) is 31.5. The van der Waals surface area contributed by atoms with Crippen molar-refractivity contribution in [3.8, 4) is 11.5 Å². The summed E-state index contributed by atoms with van der Waals surface area (Å²) < 4.78 is 44.0. The van der Waals surface area contributed by atoms with Crippen LogP contribution in [0.4, 0.5) is 8.78 Å². The molecule has 0 radical (unpaired) electrons. The fourth-order valence-corrected chi connectivity index (χ4v) is 5.84. The van der Waals surface area contributed by atoms with Gasteiger partial charge in [-0.05, 0) is 61.8 Å². The molecule has 0 saturated heterocycles. The van der Waals surface area contributed by atoms with Gasteiger partial charge in [-0.15, -0.1) is 0 Å². The molecule has 0 unspecified atom stereocenters. The number of ketones is 1. The summed E-state index contributed by atoms with van der Waals surface area (Å²) in [4.78, 5) is 49.3. The SMILES string of the molecule is O=C(O)CCC(=O)O[C@H]1CC2(CC(=O)COc3ccc(Cl)c(F)c3)CCC1(NC(=O)COc1ccc(Cl)c(F)c1)CC2. The summed E-state index contributed by atoms with van der Waals surface area (Å²) in [5, 5.41) is 11.7. The lowest BCUT2D eigenvalue weighted by Crippen LogP contribution is -2.66. The predicted octanol–water partition coefficient (Wildman–Crippen LogP) is 5.28. The number of Topliss-reactive ketones (excluding diaryl/α,β-unsaturated/α-hetero) is 1. The number of ether oxygens (including phenoxy) is 3. The van der Waals surface area contributed by atoms with Crippen LogP contribution in [0.1, 0.15) is 51.4 Å². The molecule has 2 aromatic carbocycles.